The lowest BCUT2D eigenvalue weighted by Gasteiger charge is -2.00. The molecule has 1 aromatic heterocycles. The Morgan fingerprint density at radius 2 is 2.10 bits per heavy atom. The number of ether oxygens (including phenoxy) is 1. The maximum atomic E-state index is 12.0. The van der Waals surface area contributed by atoms with E-state index < -0.39 is 0 Å². The van der Waals surface area contributed by atoms with E-state index in [1.54, 1.807) is 6.92 Å². The Morgan fingerprint density at radius 3 is 2.75 bits per heavy atom. The molecule has 0 atom stereocenters. The molecular weight excluding hydrogens is 272 g/mol. The zero-order chi connectivity index (χ0) is 14.5. The van der Waals surface area contributed by atoms with Crippen LogP contribution in [-0.4, -0.2) is 17.6 Å². The highest BCUT2D eigenvalue weighted by Gasteiger charge is 2.20. The van der Waals surface area contributed by atoms with Gasteiger partial charge in [0.05, 0.1) is 12.3 Å². The van der Waals surface area contributed by atoms with Crippen LogP contribution in [0.2, 0.25) is 0 Å². The molecule has 1 heterocycles. The molecule has 0 aliphatic carbocycles. The smallest absolute Gasteiger partial charge is 0.350 e. The summed E-state index contributed by atoms with van der Waals surface area (Å²) in [6.45, 7) is 4.23. The van der Waals surface area contributed by atoms with Crippen LogP contribution >= 0.6 is 11.3 Å². The van der Waals surface area contributed by atoms with E-state index >= 15 is 0 Å². The number of para-hydroxylation sites is 1. The molecule has 0 radical (unpaired) electrons. The molecule has 2 rings (SSSR count). The summed E-state index contributed by atoms with van der Waals surface area (Å²) < 4.78 is 5.09. The number of nitrogens with zero attached hydrogens (tertiary/aromatic N) is 1. The number of anilines is 1. The SMILES string of the molecule is CCCc1nc(-c2ccccc2N)sc1C(=O)OCC. The highest BCUT2D eigenvalue weighted by atomic mass is 32.1. The fourth-order valence-corrected chi connectivity index (χ4v) is 2.97. The monoisotopic (exact) mass is 290 g/mol. The number of rotatable bonds is 5. The van der Waals surface area contributed by atoms with Gasteiger partial charge >= 0.3 is 5.97 Å². The third-order valence-electron chi connectivity index (χ3n) is 2.84. The van der Waals surface area contributed by atoms with Gasteiger partial charge in [0, 0.05) is 11.3 Å². The maximum Gasteiger partial charge on any atom is 0.350 e. The molecule has 5 heteroatoms. The highest BCUT2D eigenvalue weighted by Crippen LogP contribution is 2.32. The number of nitrogens with two attached hydrogens (primary N) is 1. The summed E-state index contributed by atoms with van der Waals surface area (Å²) in [7, 11) is 0. The number of esters is 1. The molecule has 4 nitrogen and oxygen atoms in total. The predicted octanol–water partition coefficient (Wildman–Crippen LogP) is 3.52. The third kappa shape index (κ3) is 2.99. The summed E-state index contributed by atoms with van der Waals surface area (Å²) >= 11 is 1.35. The van der Waals surface area contributed by atoms with Gasteiger partial charge < -0.3 is 10.5 Å². The lowest BCUT2D eigenvalue weighted by molar-refractivity contribution is 0.0530. The summed E-state index contributed by atoms with van der Waals surface area (Å²) in [6.07, 6.45) is 1.69. The average Bonchev–Trinajstić information content (AvgIpc) is 2.84. The van der Waals surface area contributed by atoms with Gasteiger partial charge in [-0.2, -0.15) is 0 Å². The molecule has 2 aromatic rings. The lowest BCUT2D eigenvalue weighted by atomic mass is 10.2. The number of nitrogen functional groups attached to an aromatic ring is 1. The number of aryl methyl sites for hydroxylation is 1. The van der Waals surface area contributed by atoms with Crippen molar-refractivity contribution in [2.24, 2.45) is 0 Å². The summed E-state index contributed by atoms with van der Waals surface area (Å²) in [5.41, 5.74) is 8.30. The lowest BCUT2D eigenvalue weighted by Crippen LogP contribution is -2.05. The number of thiazole rings is 1. The Morgan fingerprint density at radius 1 is 1.35 bits per heavy atom. The van der Waals surface area contributed by atoms with Crippen LogP contribution in [0.3, 0.4) is 0 Å². The molecule has 0 bridgehead atoms. The van der Waals surface area contributed by atoms with E-state index in [9.17, 15) is 4.79 Å². The zero-order valence-corrected chi connectivity index (χ0v) is 12.5. The van der Waals surface area contributed by atoms with E-state index in [4.69, 9.17) is 10.5 Å². The van der Waals surface area contributed by atoms with Crippen LogP contribution in [-0.2, 0) is 11.2 Å². The van der Waals surface area contributed by atoms with Crippen LogP contribution in [0.5, 0.6) is 0 Å². The van der Waals surface area contributed by atoms with E-state index in [1.165, 1.54) is 11.3 Å². The van der Waals surface area contributed by atoms with Crippen molar-refractivity contribution >= 4 is 23.0 Å². The molecule has 106 valence electrons. The predicted molar refractivity (Wildman–Crippen MR) is 81.9 cm³/mol. The van der Waals surface area contributed by atoms with E-state index in [1.807, 2.05) is 24.3 Å². The normalized spacial score (nSPS) is 10.5. The van der Waals surface area contributed by atoms with Gasteiger partial charge in [0.25, 0.3) is 0 Å². The van der Waals surface area contributed by atoms with Crippen LogP contribution in [0.15, 0.2) is 24.3 Å². The van der Waals surface area contributed by atoms with Gasteiger partial charge in [-0.05, 0) is 25.5 Å². The first-order valence-corrected chi connectivity index (χ1v) is 7.50. The van der Waals surface area contributed by atoms with Gasteiger partial charge in [0.1, 0.15) is 9.88 Å². The fraction of sp³-hybridized carbons (Fsp3) is 0.333. The summed E-state index contributed by atoms with van der Waals surface area (Å²) in [4.78, 5) is 17.1. The number of carbonyl (C=O) groups is 1. The quantitative estimate of drug-likeness (QED) is 0.676. The summed E-state index contributed by atoms with van der Waals surface area (Å²) in [5.74, 6) is -0.297. The average molecular weight is 290 g/mol. The summed E-state index contributed by atoms with van der Waals surface area (Å²) in [6, 6.07) is 7.54. The topological polar surface area (TPSA) is 65.2 Å². The molecule has 0 amide bonds. The second-order valence-corrected chi connectivity index (χ2v) is 5.35. The number of aromatic nitrogens is 1. The van der Waals surface area contributed by atoms with E-state index in [-0.39, 0.29) is 5.97 Å². The molecule has 1 aromatic carbocycles. The Kier molecular flexibility index (Phi) is 4.74. The largest absolute Gasteiger partial charge is 0.462 e. The van der Waals surface area contributed by atoms with Crippen molar-refractivity contribution < 1.29 is 9.53 Å². The third-order valence-corrected chi connectivity index (χ3v) is 3.95. The van der Waals surface area contributed by atoms with Crippen molar-refractivity contribution in [2.75, 3.05) is 12.3 Å². The maximum absolute atomic E-state index is 12.0. The standard InChI is InChI=1S/C15H18N2O2S/c1-3-7-12-13(15(18)19-4-2)20-14(17-12)10-8-5-6-9-11(10)16/h5-6,8-9H,3-4,7,16H2,1-2H3. The summed E-state index contributed by atoms with van der Waals surface area (Å²) in [5, 5.41) is 0.773. The molecule has 0 saturated heterocycles. The second-order valence-electron chi connectivity index (χ2n) is 4.35. The molecule has 20 heavy (non-hydrogen) atoms. The van der Waals surface area contributed by atoms with Gasteiger partial charge in [-0.25, -0.2) is 9.78 Å². The second kappa shape index (κ2) is 6.52. The van der Waals surface area contributed by atoms with Gasteiger partial charge in [-0.3, -0.25) is 0 Å². The van der Waals surface area contributed by atoms with Crippen molar-refractivity contribution in [2.45, 2.75) is 26.7 Å². The van der Waals surface area contributed by atoms with Crippen molar-refractivity contribution in [3.8, 4) is 10.6 Å². The minimum absolute atomic E-state index is 0.297. The Bertz CT molecular complexity index is 608. The Hall–Kier alpha value is -1.88. The molecule has 0 spiro atoms. The minimum atomic E-state index is -0.297. The number of hydrogen-bond acceptors (Lipinski definition) is 5. The Balaban J connectivity index is 2.44. The first-order valence-electron chi connectivity index (χ1n) is 6.69. The van der Waals surface area contributed by atoms with Gasteiger partial charge in [-0.15, -0.1) is 11.3 Å². The van der Waals surface area contributed by atoms with Gasteiger partial charge in [0.15, 0.2) is 0 Å². The van der Waals surface area contributed by atoms with Crippen LogP contribution in [0, 0.1) is 0 Å². The van der Waals surface area contributed by atoms with Crippen molar-refractivity contribution in [3.63, 3.8) is 0 Å². The van der Waals surface area contributed by atoms with Crippen LogP contribution in [0.1, 0.15) is 35.6 Å². The number of hydrogen-bond donors (Lipinski definition) is 1. The molecule has 0 fully saturated rings. The Labute approximate surface area is 122 Å². The van der Waals surface area contributed by atoms with Crippen LogP contribution < -0.4 is 5.73 Å². The zero-order valence-electron chi connectivity index (χ0n) is 11.7. The number of carbonyl (C=O) groups excluding carboxylic acids is 1. The van der Waals surface area contributed by atoms with Crippen molar-refractivity contribution in [1.82, 2.24) is 4.98 Å². The van der Waals surface area contributed by atoms with Gasteiger partial charge in [-0.1, -0.05) is 25.5 Å². The first-order chi connectivity index (χ1) is 9.67. The van der Waals surface area contributed by atoms with E-state index in [0.29, 0.717) is 17.2 Å². The number of benzene rings is 1. The van der Waals surface area contributed by atoms with Crippen LogP contribution in [0.4, 0.5) is 5.69 Å². The van der Waals surface area contributed by atoms with Gasteiger partial charge in [0.2, 0.25) is 0 Å². The molecule has 0 aliphatic rings. The molecule has 0 unspecified atom stereocenters. The molecule has 2 N–H and O–H groups in total. The molecular formula is C15H18N2O2S. The molecule has 0 aliphatic heterocycles. The van der Waals surface area contributed by atoms with Crippen LogP contribution in [0.25, 0.3) is 10.6 Å². The first kappa shape index (κ1) is 14.5. The minimum Gasteiger partial charge on any atom is -0.462 e. The fourth-order valence-electron chi connectivity index (χ4n) is 1.92. The molecule has 0 saturated carbocycles. The van der Waals surface area contributed by atoms with Crippen molar-refractivity contribution in [3.05, 3.63) is 34.8 Å². The highest BCUT2D eigenvalue weighted by molar-refractivity contribution is 7.17. The van der Waals surface area contributed by atoms with E-state index in [0.717, 1.165) is 29.1 Å². The van der Waals surface area contributed by atoms with E-state index in [2.05, 4.69) is 11.9 Å². The van der Waals surface area contributed by atoms with Crippen molar-refractivity contribution in [1.29, 1.82) is 0 Å².